The molecule has 2 N–H and O–H groups in total. The minimum absolute atomic E-state index is 0.0563. The Balaban J connectivity index is 2.85. The molecule has 0 fully saturated rings. The smallest absolute Gasteiger partial charge is 0.126 e. The zero-order valence-electron chi connectivity index (χ0n) is 11.2. The summed E-state index contributed by atoms with van der Waals surface area (Å²) >= 11 is 1.90. The van der Waals surface area contributed by atoms with Crippen LogP contribution in [0.15, 0.2) is 12.1 Å². The van der Waals surface area contributed by atoms with E-state index in [0.717, 1.165) is 17.1 Å². The van der Waals surface area contributed by atoms with Crippen LogP contribution in [0.3, 0.4) is 0 Å². The molecule has 1 unspecified atom stereocenters. The first-order chi connectivity index (χ1) is 8.11. The average molecular weight is 253 g/mol. The lowest BCUT2D eigenvalue weighted by atomic mass is 10.0. The van der Waals surface area contributed by atoms with Gasteiger partial charge in [-0.05, 0) is 37.1 Å². The Morgan fingerprint density at radius 2 is 2.06 bits per heavy atom. The van der Waals surface area contributed by atoms with Crippen molar-refractivity contribution in [1.82, 2.24) is 0 Å². The highest BCUT2D eigenvalue weighted by molar-refractivity contribution is 7.99. The number of thioether (sulfide) groups is 1. The number of hydrogen-bond donors (Lipinski definition) is 1. The molecular formula is C14H23NOS. The van der Waals surface area contributed by atoms with Gasteiger partial charge in [0.05, 0.1) is 7.11 Å². The van der Waals surface area contributed by atoms with Crippen molar-refractivity contribution in [3.8, 4) is 5.75 Å². The van der Waals surface area contributed by atoms with Crippen LogP contribution < -0.4 is 10.5 Å². The first-order valence-electron chi connectivity index (χ1n) is 6.09. The highest BCUT2D eigenvalue weighted by Gasteiger charge is 2.14. The molecule has 0 bridgehead atoms. The summed E-state index contributed by atoms with van der Waals surface area (Å²) in [6, 6.07) is 4.27. The largest absolute Gasteiger partial charge is 0.496 e. The summed E-state index contributed by atoms with van der Waals surface area (Å²) < 4.78 is 5.50. The molecule has 0 aliphatic carbocycles. The monoisotopic (exact) mass is 253 g/mol. The van der Waals surface area contributed by atoms with Crippen molar-refractivity contribution in [2.75, 3.05) is 18.6 Å². The molecule has 0 spiro atoms. The van der Waals surface area contributed by atoms with Gasteiger partial charge in [0.2, 0.25) is 0 Å². The second-order valence-corrected chi connectivity index (χ2v) is 5.46. The van der Waals surface area contributed by atoms with Gasteiger partial charge >= 0.3 is 0 Å². The van der Waals surface area contributed by atoms with E-state index in [4.69, 9.17) is 10.5 Å². The number of hydrogen-bond acceptors (Lipinski definition) is 3. The van der Waals surface area contributed by atoms with E-state index in [9.17, 15) is 0 Å². The van der Waals surface area contributed by atoms with E-state index in [-0.39, 0.29) is 6.04 Å². The van der Waals surface area contributed by atoms with Crippen molar-refractivity contribution in [3.05, 3.63) is 28.8 Å². The molecule has 0 heterocycles. The SMILES string of the molecule is CCCSCC(N)c1ccc(C)c(C)c1OC. The van der Waals surface area contributed by atoms with E-state index in [1.165, 1.54) is 23.3 Å². The molecule has 0 saturated heterocycles. The second-order valence-electron chi connectivity index (χ2n) is 4.31. The highest BCUT2D eigenvalue weighted by atomic mass is 32.2. The Morgan fingerprint density at radius 3 is 2.65 bits per heavy atom. The van der Waals surface area contributed by atoms with Crippen molar-refractivity contribution < 1.29 is 4.74 Å². The van der Waals surface area contributed by atoms with Crippen LogP contribution in [0.4, 0.5) is 0 Å². The molecule has 3 heteroatoms. The third-order valence-electron chi connectivity index (χ3n) is 2.96. The van der Waals surface area contributed by atoms with Gasteiger partial charge in [-0.1, -0.05) is 19.1 Å². The molecule has 1 aromatic rings. The molecular weight excluding hydrogens is 230 g/mol. The van der Waals surface area contributed by atoms with E-state index in [0.29, 0.717) is 0 Å². The van der Waals surface area contributed by atoms with Gasteiger partial charge in [-0.15, -0.1) is 0 Å². The Morgan fingerprint density at radius 1 is 1.35 bits per heavy atom. The number of methoxy groups -OCH3 is 1. The quantitative estimate of drug-likeness (QED) is 0.789. The first kappa shape index (κ1) is 14.4. The molecule has 0 aliphatic heterocycles. The number of ether oxygens (including phenoxy) is 1. The number of rotatable bonds is 6. The molecule has 96 valence electrons. The van der Waals surface area contributed by atoms with Gasteiger partial charge in [0, 0.05) is 17.4 Å². The lowest BCUT2D eigenvalue weighted by molar-refractivity contribution is 0.403. The molecule has 2 nitrogen and oxygen atoms in total. The molecule has 17 heavy (non-hydrogen) atoms. The zero-order valence-corrected chi connectivity index (χ0v) is 12.1. The van der Waals surface area contributed by atoms with Crippen LogP contribution in [0.25, 0.3) is 0 Å². The van der Waals surface area contributed by atoms with E-state index in [1.54, 1.807) is 7.11 Å². The van der Waals surface area contributed by atoms with Crippen LogP contribution >= 0.6 is 11.8 Å². The van der Waals surface area contributed by atoms with Crippen LogP contribution in [0, 0.1) is 13.8 Å². The van der Waals surface area contributed by atoms with Crippen LogP contribution in [-0.2, 0) is 0 Å². The summed E-state index contributed by atoms with van der Waals surface area (Å²) in [5, 5.41) is 0. The van der Waals surface area contributed by atoms with Gasteiger partial charge in [-0.2, -0.15) is 11.8 Å². The molecule has 0 saturated carbocycles. The minimum atomic E-state index is 0.0563. The van der Waals surface area contributed by atoms with Crippen molar-refractivity contribution in [2.24, 2.45) is 5.73 Å². The predicted octanol–water partition coefficient (Wildman–Crippen LogP) is 3.46. The van der Waals surface area contributed by atoms with Gasteiger partial charge < -0.3 is 10.5 Å². The first-order valence-corrected chi connectivity index (χ1v) is 7.24. The summed E-state index contributed by atoms with van der Waals surface area (Å²) in [5.74, 6) is 3.07. The molecule has 0 aliphatic rings. The highest BCUT2D eigenvalue weighted by Crippen LogP contribution is 2.31. The lowest BCUT2D eigenvalue weighted by Gasteiger charge is -2.18. The maximum Gasteiger partial charge on any atom is 0.126 e. The van der Waals surface area contributed by atoms with E-state index < -0.39 is 0 Å². The normalized spacial score (nSPS) is 12.5. The molecule has 0 aromatic heterocycles. The summed E-state index contributed by atoms with van der Waals surface area (Å²) in [4.78, 5) is 0. The topological polar surface area (TPSA) is 35.2 Å². The lowest BCUT2D eigenvalue weighted by Crippen LogP contribution is -2.15. The third-order valence-corrected chi connectivity index (χ3v) is 4.25. The Hall–Kier alpha value is -0.670. The summed E-state index contributed by atoms with van der Waals surface area (Å²) in [6.45, 7) is 6.37. The molecule has 1 rings (SSSR count). The van der Waals surface area contributed by atoms with Gasteiger partial charge in [-0.3, -0.25) is 0 Å². The third kappa shape index (κ3) is 3.65. The van der Waals surface area contributed by atoms with Crippen LogP contribution in [0.5, 0.6) is 5.75 Å². The van der Waals surface area contributed by atoms with Crippen molar-refractivity contribution in [3.63, 3.8) is 0 Å². The number of benzene rings is 1. The predicted molar refractivity (Wildman–Crippen MR) is 77.0 cm³/mol. The minimum Gasteiger partial charge on any atom is -0.496 e. The van der Waals surface area contributed by atoms with Gasteiger partial charge in [0.15, 0.2) is 0 Å². The van der Waals surface area contributed by atoms with Crippen molar-refractivity contribution in [2.45, 2.75) is 33.2 Å². The summed E-state index contributed by atoms with van der Waals surface area (Å²) in [7, 11) is 1.72. The maximum absolute atomic E-state index is 6.23. The van der Waals surface area contributed by atoms with Crippen LogP contribution in [0.2, 0.25) is 0 Å². The van der Waals surface area contributed by atoms with Gasteiger partial charge in [0.25, 0.3) is 0 Å². The van der Waals surface area contributed by atoms with Crippen molar-refractivity contribution in [1.29, 1.82) is 0 Å². The van der Waals surface area contributed by atoms with E-state index in [2.05, 4.69) is 32.9 Å². The molecule has 1 atom stereocenters. The van der Waals surface area contributed by atoms with Gasteiger partial charge in [0.1, 0.15) is 5.75 Å². The zero-order chi connectivity index (χ0) is 12.8. The van der Waals surface area contributed by atoms with E-state index in [1.807, 2.05) is 11.8 Å². The van der Waals surface area contributed by atoms with Crippen molar-refractivity contribution >= 4 is 11.8 Å². The summed E-state index contributed by atoms with van der Waals surface area (Å²) in [5.41, 5.74) is 9.80. The standard InChI is InChI=1S/C14H23NOS/c1-5-8-17-9-13(15)12-7-6-10(2)11(3)14(12)16-4/h6-7,13H,5,8-9,15H2,1-4H3. The molecule has 1 aromatic carbocycles. The summed E-state index contributed by atoms with van der Waals surface area (Å²) in [6.07, 6.45) is 1.20. The Kier molecular flexibility index (Phi) is 5.86. The van der Waals surface area contributed by atoms with Gasteiger partial charge in [-0.25, -0.2) is 0 Å². The fraction of sp³-hybridized carbons (Fsp3) is 0.571. The molecule has 0 radical (unpaired) electrons. The number of aryl methyl sites for hydroxylation is 1. The Labute approximate surface area is 109 Å². The Bertz CT molecular complexity index is 365. The fourth-order valence-corrected chi connectivity index (χ4v) is 2.71. The van der Waals surface area contributed by atoms with E-state index >= 15 is 0 Å². The van der Waals surface area contributed by atoms with Crippen LogP contribution in [-0.4, -0.2) is 18.6 Å². The average Bonchev–Trinajstić information content (AvgIpc) is 2.32. The maximum atomic E-state index is 6.23. The fourth-order valence-electron chi connectivity index (χ4n) is 1.82. The molecule has 0 amide bonds. The second kappa shape index (κ2) is 6.92. The van der Waals surface area contributed by atoms with Crippen LogP contribution in [0.1, 0.15) is 36.1 Å². The number of nitrogens with two attached hydrogens (primary N) is 1.